The van der Waals surface area contributed by atoms with E-state index in [2.05, 4.69) is 8.83 Å². The van der Waals surface area contributed by atoms with Gasteiger partial charge < -0.3 is 54.8 Å². The van der Waals surface area contributed by atoms with Gasteiger partial charge in [0.1, 0.15) is 54.9 Å². The van der Waals surface area contributed by atoms with Gasteiger partial charge in [-0.2, -0.15) is 8.70 Å². The van der Waals surface area contributed by atoms with Gasteiger partial charge in [0.2, 0.25) is 5.82 Å². The molecule has 0 aliphatic carbocycles. The smallest absolute Gasteiger partial charge is 0.394 e. The van der Waals surface area contributed by atoms with Gasteiger partial charge in [-0.1, -0.05) is 0 Å². The van der Waals surface area contributed by atoms with E-state index in [0.29, 0.717) is 6.20 Å². The second-order valence-electron chi connectivity index (χ2n) is 8.02. The van der Waals surface area contributed by atoms with Crippen LogP contribution in [0.15, 0.2) is 15.8 Å². The van der Waals surface area contributed by atoms with Gasteiger partial charge in [0, 0.05) is 0 Å². The molecule has 2 saturated heterocycles. The zero-order valence-electron chi connectivity index (χ0n) is 18.1. The second kappa shape index (κ2) is 11.0. The largest absolute Gasteiger partial charge is 0.481 e. The number of aromatic amines is 1. The van der Waals surface area contributed by atoms with Gasteiger partial charge >= 0.3 is 21.3 Å². The van der Waals surface area contributed by atoms with Crippen molar-refractivity contribution in [1.29, 1.82) is 0 Å². The maximum atomic E-state index is 13.8. The van der Waals surface area contributed by atoms with Crippen molar-refractivity contribution >= 4 is 15.6 Å². The second-order valence-corrected chi connectivity index (χ2v) is 10.8. The first kappa shape index (κ1) is 30.1. The summed E-state index contributed by atoms with van der Waals surface area (Å²) in [4.78, 5) is 52.6. The molecule has 0 aromatic carbocycles. The molecule has 0 radical (unpaired) electrons. The van der Waals surface area contributed by atoms with E-state index in [9.17, 15) is 58.6 Å². The highest BCUT2D eigenvalue weighted by Gasteiger charge is 2.57. The quantitative estimate of drug-likeness (QED) is 0.128. The Morgan fingerprint density at radius 1 is 0.973 bits per heavy atom. The Labute approximate surface area is 203 Å². The lowest BCUT2D eigenvalue weighted by molar-refractivity contribution is -0.260. The van der Waals surface area contributed by atoms with Crippen molar-refractivity contribution in [3.05, 3.63) is 32.9 Å². The molecule has 2 aliphatic heterocycles. The molecule has 3 rings (SSSR count). The lowest BCUT2D eigenvalue weighted by atomic mass is 9.89. The van der Waals surface area contributed by atoms with Gasteiger partial charge in [0.15, 0.2) is 6.23 Å². The summed E-state index contributed by atoms with van der Waals surface area (Å²) in [6, 6.07) is 0. The van der Waals surface area contributed by atoms with E-state index in [1.165, 1.54) is 0 Å². The van der Waals surface area contributed by atoms with Crippen LogP contribution in [-0.2, 0) is 27.4 Å². The van der Waals surface area contributed by atoms with Gasteiger partial charge in [0.05, 0.1) is 12.8 Å². The van der Waals surface area contributed by atoms with Crippen LogP contribution >= 0.6 is 15.6 Å². The fourth-order valence-corrected chi connectivity index (χ4v) is 5.63. The molecule has 2 unspecified atom stereocenters. The Morgan fingerprint density at radius 3 is 2.11 bits per heavy atom. The molecule has 10 N–H and O–H groups in total. The number of rotatable bonds is 8. The predicted molar refractivity (Wildman–Crippen MR) is 109 cm³/mol. The number of nitrogens with one attached hydrogen (secondary N) is 1. The van der Waals surface area contributed by atoms with Gasteiger partial charge in [-0.15, -0.1) is 0 Å². The molecule has 1 aromatic heterocycles. The van der Waals surface area contributed by atoms with Gasteiger partial charge in [-0.05, 0) is 0 Å². The van der Waals surface area contributed by atoms with E-state index in [-0.39, 0.29) is 4.57 Å². The molecule has 212 valence electrons. The lowest BCUT2D eigenvalue weighted by Gasteiger charge is -2.44. The minimum Gasteiger partial charge on any atom is -0.394 e. The topological polar surface area (TPSA) is 308 Å². The molecule has 22 heteroatoms. The van der Waals surface area contributed by atoms with Gasteiger partial charge in [-0.3, -0.25) is 18.9 Å². The number of H-pyrrole nitrogens is 1. The number of hydrogen-bond donors (Lipinski definition) is 10. The number of hydrogen-bond acceptors (Lipinski definition) is 14. The number of phosphoric acid groups is 2. The fraction of sp³-hybridized carbons (Fsp3) is 0.733. The van der Waals surface area contributed by atoms with Crippen LogP contribution in [0.2, 0.25) is 0 Å². The highest BCUT2D eigenvalue weighted by atomic mass is 31.3. The highest BCUT2D eigenvalue weighted by molar-refractivity contribution is 7.60. The van der Waals surface area contributed by atoms with E-state index in [0.717, 1.165) is 0 Å². The van der Waals surface area contributed by atoms with E-state index in [1.807, 2.05) is 0 Å². The van der Waals surface area contributed by atoms with E-state index in [1.54, 1.807) is 4.98 Å². The van der Waals surface area contributed by atoms with Crippen molar-refractivity contribution in [2.45, 2.75) is 61.2 Å². The predicted octanol–water partition coefficient (Wildman–Crippen LogP) is -5.27. The maximum Gasteiger partial charge on any atom is 0.481 e. The fourth-order valence-electron chi connectivity index (χ4n) is 3.85. The Balaban J connectivity index is 2.04. The van der Waals surface area contributed by atoms with E-state index >= 15 is 0 Å². The molecule has 11 atom stereocenters. The summed E-state index contributed by atoms with van der Waals surface area (Å²) in [7, 11) is -11.6. The third kappa shape index (κ3) is 6.41. The first-order valence-corrected chi connectivity index (χ1v) is 13.1. The molecular weight excluding hydrogens is 561 g/mol. The molecule has 0 spiro atoms. The standard InChI is InChI=1S/C15H23FN2O17P2/c16-3-1-18(15(26)17-13(3)25)14-9(24)8(23)11(33-14)12(34-37(30,31)35-36(27,28)29)10-7(22)6(21)5(20)4(2-19)32-10/h1,4-12,14,19-24H,2H2,(H,30,31)(H,17,25,26)(H2,27,28,29)/t4-,5-,6+,7-,8+,9-,10+,11+,12?,14-/m1/s1. The van der Waals surface area contributed by atoms with Crippen LogP contribution in [0, 0.1) is 5.82 Å². The number of halogens is 1. The van der Waals surface area contributed by atoms with E-state index in [4.69, 9.17) is 19.3 Å². The highest BCUT2D eigenvalue weighted by Crippen LogP contribution is 2.59. The summed E-state index contributed by atoms with van der Waals surface area (Å²) in [6.07, 6.45) is -20.9. The van der Waals surface area contributed by atoms with Crippen molar-refractivity contribution < 1.29 is 77.1 Å². The van der Waals surface area contributed by atoms with Crippen LogP contribution < -0.4 is 11.2 Å². The van der Waals surface area contributed by atoms with Gasteiger partial charge in [0.25, 0.3) is 5.56 Å². The minimum atomic E-state index is -5.85. The first-order valence-electron chi connectivity index (χ1n) is 10.1. The number of aliphatic hydroxyl groups excluding tert-OH is 6. The van der Waals surface area contributed by atoms with Crippen LogP contribution in [-0.4, -0.2) is 116 Å². The number of aromatic nitrogens is 2. The minimum absolute atomic E-state index is 0.277. The SMILES string of the molecule is O=c1[nH]c(=O)n([C@@H]2O[C@H](C(OP(=O)(O)OP(=O)(O)O)[C@H]3O[C@H](CO)[C@@H](O)[C@H](O)[C@H]3O)[C@@H](O)[C@H]2O)cc1F. The Morgan fingerprint density at radius 2 is 1.54 bits per heavy atom. The number of phosphoric ester groups is 1. The molecule has 19 nitrogen and oxygen atoms in total. The molecular formula is C15H23FN2O17P2. The summed E-state index contributed by atoms with van der Waals surface area (Å²) in [5, 5.41) is 60.9. The molecule has 37 heavy (non-hydrogen) atoms. The third-order valence-electron chi connectivity index (χ3n) is 5.51. The molecule has 1 aromatic rings. The third-order valence-corrected chi connectivity index (χ3v) is 7.70. The first-order chi connectivity index (χ1) is 17.0. The average Bonchev–Trinajstić information content (AvgIpc) is 3.06. The normalized spacial score (nSPS) is 37.3. The Kier molecular flexibility index (Phi) is 8.92. The molecule has 0 saturated carbocycles. The molecule has 0 bridgehead atoms. The van der Waals surface area contributed by atoms with Crippen LogP contribution in [0.5, 0.6) is 0 Å². The number of aliphatic hydroxyl groups is 6. The van der Waals surface area contributed by atoms with E-state index < -0.39 is 100 Å². The summed E-state index contributed by atoms with van der Waals surface area (Å²) in [5.41, 5.74) is -2.78. The van der Waals surface area contributed by atoms with Crippen molar-refractivity contribution in [2.75, 3.05) is 6.61 Å². The molecule has 2 fully saturated rings. The molecule has 3 heterocycles. The van der Waals surface area contributed by atoms with Crippen LogP contribution in [0.3, 0.4) is 0 Å². The van der Waals surface area contributed by atoms with Crippen LogP contribution in [0.25, 0.3) is 0 Å². The Bertz CT molecular complexity index is 1190. The monoisotopic (exact) mass is 584 g/mol. The van der Waals surface area contributed by atoms with Crippen LogP contribution in [0.1, 0.15) is 6.23 Å². The lowest BCUT2D eigenvalue weighted by Crippen LogP contribution is -2.64. The zero-order valence-corrected chi connectivity index (χ0v) is 19.9. The van der Waals surface area contributed by atoms with Crippen LogP contribution in [0.4, 0.5) is 4.39 Å². The molecule has 2 aliphatic rings. The van der Waals surface area contributed by atoms with Gasteiger partial charge in [-0.25, -0.2) is 13.9 Å². The summed E-state index contributed by atoms with van der Waals surface area (Å²) in [6.45, 7) is -1.00. The average molecular weight is 584 g/mol. The molecule has 0 amide bonds. The Hall–Kier alpha value is -1.45. The maximum absolute atomic E-state index is 13.8. The summed E-state index contributed by atoms with van der Waals surface area (Å²) in [5.74, 6) is -1.52. The summed E-state index contributed by atoms with van der Waals surface area (Å²) < 4.78 is 56.3. The number of nitrogens with zero attached hydrogens (tertiary/aromatic N) is 1. The van der Waals surface area contributed by atoms with Crippen molar-refractivity contribution in [1.82, 2.24) is 9.55 Å². The number of ether oxygens (including phenoxy) is 2. The van der Waals surface area contributed by atoms with Crippen molar-refractivity contribution in [3.8, 4) is 0 Å². The van der Waals surface area contributed by atoms with Crippen molar-refractivity contribution in [3.63, 3.8) is 0 Å². The zero-order chi connectivity index (χ0) is 28.0. The summed E-state index contributed by atoms with van der Waals surface area (Å²) >= 11 is 0. The van der Waals surface area contributed by atoms with Crippen molar-refractivity contribution in [2.24, 2.45) is 0 Å².